The van der Waals surface area contributed by atoms with Gasteiger partial charge in [0.05, 0.1) is 19.2 Å². The highest BCUT2D eigenvalue weighted by Crippen LogP contribution is 2.36. The highest BCUT2D eigenvalue weighted by Gasteiger charge is 2.13. The Hall–Kier alpha value is -2.99. The van der Waals surface area contributed by atoms with Crippen LogP contribution < -0.4 is 14.2 Å². The van der Waals surface area contributed by atoms with Crippen LogP contribution in [0.3, 0.4) is 0 Å². The van der Waals surface area contributed by atoms with Crippen molar-refractivity contribution in [3.8, 4) is 17.2 Å². The molecular weight excluding hydrogens is 372 g/mol. The van der Waals surface area contributed by atoms with Gasteiger partial charge in [0, 0.05) is 5.56 Å². The number of carboxylic acids is 1. The van der Waals surface area contributed by atoms with Gasteiger partial charge in [-0.2, -0.15) is 0 Å². The van der Waals surface area contributed by atoms with Crippen LogP contribution in [0.2, 0.25) is 5.02 Å². The number of carbonyl (C=O) groups excluding carboxylic acids is 1. The van der Waals surface area contributed by atoms with Crippen molar-refractivity contribution in [3.63, 3.8) is 0 Å². The van der Waals surface area contributed by atoms with Crippen LogP contribution in [0.25, 0.3) is 6.08 Å². The number of carbonyl (C=O) groups is 2. The summed E-state index contributed by atoms with van der Waals surface area (Å²) in [6, 6.07) is 9.60. The molecule has 27 heavy (non-hydrogen) atoms. The SMILES string of the molecule is COc1cc(/C=C/C(=O)c2ccc(OC(C)C(=O)O)cc2)cc(Cl)c1OC. The summed E-state index contributed by atoms with van der Waals surface area (Å²) in [7, 11) is 3.00. The number of rotatable bonds is 8. The van der Waals surface area contributed by atoms with Gasteiger partial charge in [0.25, 0.3) is 0 Å². The molecular formula is C20H19ClO6. The van der Waals surface area contributed by atoms with Crippen molar-refractivity contribution in [2.45, 2.75) is 13.0 Å². The van der Waals surface area contributed by atoms with Gasteiger partial charge in [0.2, 0.25) is 0 Å². The zero-order valence-corrected chi connectivity index (χ0v) is 15.8. The maximum atomic E-state index is 12.3. The van der Waals surface area contributed by atoms with Gasteiger partial charge in [-0.1, -0.05) is 17.7 Å². The minimum absolute atomic E-state index is 0.223. The Labute approximate surface area is 161 Å². The lowest BCUT2D eigenvalue weighted by Crippen LogP contribution is -2.22. The lowest BCUT2D eigenvalue weighted by Gasteiger charge is -2.10. The van der Waals surface area contributed by atoms with E-state index in [0.717, 1.165) is 0 Å². The molecule has 0 aliphatic heterocycles. The van der Waals surface area contributed by atoms with E-state index in [1.54, 1.807) is 42.5 Å². The maximum absolute atomic E-state index is 12.3. The predicted molar refractivity (Wildman–Crippen MR) is 102 cm³/mol. The van der Waals surface area contributed by atoms with Crippen LogP contribution in [0.5, 0.6) is 17.2 Å². The maximum Gasteiger partial charge on any atom is 0.344 e. The van der Waals surface area contributed by atoms with E-state index in [-0.39, 0.29) is 5.78 Å². The predicted octanol–water partition coefficient (Wildman–Crippen LogP) is 4.11. The molecule has 1 N–H and O–H groups in total. The van der Waals surface area contributed by atoms with Crippen LogP contribution in [0.15, 0.2) is 42.5 Å². The number of methoxy groups -OCH3 is 2. The quantitative estimate of drug-likeness (QED) is 0.539. The minimum atomic E-state index is -1.06. The van der Waals surface area contributed by atoms with Crippen LogP contribution in [-0.4, -0.2) is 37.2 Å². The summed E-state index contributed by atoms with van der Waals surface area (Å²) in [4.78, 5) is 23.1. The Morgan fingerprint density at radius 3 is 2.33 bits per heavy atom. The zero-order valence-electron chi connectivity index (χ0n) is 15.1. The molecule has 2 aromatic rings. The number of ether oxygens (including phenoxy) is 3. The van der Waals surface area contributed by atoms with Gasteiger partial charge in [-0.15, -0.1) is 0 Å². The lowest BCUT2D eigenvalue weighted by molar-refractivity contribution is -0.144. The zero-order chi connectivity index (χ0) is 20.0. The van der Waals surface area contributed by atoms with Crippen LogP contribution in [0, 0.1) is 0 Å². The fourth-order valence-electron chi connectivity index (χ4n) is 2.25. The molecule has 0 heterocycles. The van der Waals surface area contributed by atoms with E-state index < -0.39 is 12.1 Å². The van der Waals surface area contributed by atoms with E-state index in [1.165, 1.54) is 27.2 Å². The minimum Gasteiger partial charge on any atom is -0.493 e. The standard InChI is InChI=1S/C20H19ClO6/c1-12(20(23)24)27-15-7-5-14(6-8-15)17(22)9-4-13-10-16(21)19(26-3)18(11-13)25-2/h4-12H,1-3H3,(H,23,24)/b9-4+. The fourth-order valence-corrected chi connectivity index (χ4v) is 2.55. The van der Waals surface area contributed by atoms with E-state index in [4.69, 9.17) is 30.9 Å². The molecule has 0 spiro atoms. The average Bonchev–Trinajstić information content (AvgIpc) is 2.65. The summed E-state index contributed by atoms with van der Waals surface area (Å²) in [6.45, 7) is 1.43. The van der Waals surface area contributed by atoms with E-state index in [0.29, 0.717) is 33.4 Å². The first-order valence-corrected chi connectivity index (χ1v) is 8.37. The first-order valence-electron chi connectivity index (χ1n) is 7.99. The van der Waals surface area contributed by atoms with Crippen LogP contribution >= 0.6 is 11.6 Å². The second kappa shape index (κ2) is 9.09. The molecule has 142 valence electrons. The summed E-state index contributed by atoms with van der Waals surface area (Å²) >= 11 is 6.15. The summed E-state index contributed by atoms with van der Waals surface area (Å²) < 4.78 is 15.6. The molecule has 1 atom stereocenters. The lowest BCUT2D eigenvalue weighted by atomic mass is 10.1. The molecule has 0 amide bonds. The van der Waals surface area contributed by atoms with Crippen molar-refractivity contribution < 1.29 is 28.9 Å². The number of hydrogen-bond donors (Lipinski definition) is 1. The monoisotopic (exact) mass is 390 g/mol. The Morgan fingerprint density at radius 1 is 1.11 bits per heavy atom. The van der Waals surface area contributed by atoms with Gasteiger partial charge in [0.15, 0.2) is 23.4 Å². The highest BCUT2D eigenvalue weighted by atomic mass is 35.5. The molecule has 0 fully saturated rings. The van der Waals surface area contributed by atoms with Crippen molar-refractivity contribution in [3.05, 3.63) is 58.6 Å². The third-order valence-corrected chi connectivity index (χ3v) is 3.96. The summed E-state index contributed by atoms with van der Waals surface area (Å²) in [5.41, 5.74) is 1.12. The summed E-state index contributed by atoms with van der Waals surface area (Å²) in [5, 5.41) is 9.21. The summed E-state index contributed by atoms with van der Waals surface area (Å²) in [5.74, 6) is -0.0255. The van der Waals surface area contributed by atoms with Gasteiger partial charge in [0.1, 0.15) is 5.75 Å². The van der Waals surface area contributed by atoms with Gasteiger partial charge < -0.3 is 19.3 Å². The second-order valence-corrected chi connectivity index (χ2v) is 5.97. The third kappa shape index (κ3) is 5.24. The third-order valence-electron chi connectivity index (χ3n) is 3.68. The van der Waals surface area contributed by atoms with E-state index in [1.807, 2.05) is 0 Å². The van der Waals surface area contributed by atoms with Gasteiger partial charge in [-0.25, -0.2) is 4.79 Å². The van der Waals surface area contributed by atoms with Crippen molar-refractivity contribution in [1.82, 2.24) is 0 Å². The van der Waals surface area contributed by atoms with Gasteiger partial charge >= 0.3 is 5.97 Å². The number of aliphatic carboxylic acids is 1. The molecule has 0 radical (unpaired) electrons. The first-order chi connectivity index (χ1) is 12.8. The van der Waals surface area contributed by atoms with Crippen molar-refractivity contribution in [2.24, 2.45) is 0 Å². The molecule has 2 rings (SSSR count). The number of halogens is 1. The van der Waals surface area contributed by atoms with Crippen LogP contribution in [-0.2, 0) is 4.79 Å². The Morgan fingerprint density at radius 2 is 1.78 bits per heavy atom. The number of hydrogen-bond acceptors (Lipinski definition) is 5. The second-order valence-electron chi connectivity index (χ2n) is 5.56. The molecule has 7 heteroatoms. The largest absolute Gasteiger partial charge is 0.493 e. The molecule has 1 unspecified atom stereocenters. The van der Waals surface area contributed by atoms with E-state index in [2.05, 4.69) is 0 Å². The Balaban J connectivity index is 2.13. The molecule has 0 aliphatic carbocycles. The number of carboxylic acid groups (broad SMARTS) is 1. The molecule has 2 aromatic carbocycles. The van der Waals surface area contributed by atoms with Crippen molar-refractivity contribution in [1.29, 1.82) is 0 Å². The Bertz CT molecular complexity index is 858. The van der Waals surface area contributed by atoms with Crippen LogP contribution in [0.1, 0.15) is 22.8 Å². The molecule has 0 saturated carbocycles. The van der Waals surface area contributed by atoms with Gasteiger partial charge in [-0.05, 0) is 55.0 Å². The molecule has 0 aromatic heterocycles. The average molecular weight is 391 g/mol. The number of ketones is 1. The van der Waals surface area contributed by atoms with E-state index in [9.17, 15) is 9.59 Å². The first kappa shape index (κ1) is 20.3. The smallest absolute Gasteiger partial charge is 0.344 e. The Kier molecular flexibility index (Phi) is 6.85. The fraction of sp³-hybridized carbons (Fsp3) is 0.200. The normalized spacial score (nSPS) is 11.9. The van der Waals surface area contributed by atoms with E-state index >= 15 is 0 Å². The van der Waals surface area contributed by atoms with Crippen molar-refractivity contribution in [2.75, 3.05) is 14.2 Å². The number of allylic oxidation sites excluding steroid dienone is 1. The van der Waals surface area contributed by atoms with Crippen molar-refractivity contribution >= 4 is 29.4 Å². The molecule has 6 nitrogen and oxygen atoms in total. The van der Waals surface area contributed by atoms with Gasteiger partial charge in [-0.3, -0.25) is 4.79 Å². The molecule has 0 saturated heterocycles. The van der Waals surface area contributed by atoms with Crippen LogP contribution in [0.4, 0.5) is 0 Å². The molecule has 0 bridgehead atoms. The molecule has 0 aliphatic rings. The highest BCUT2D eigenvalue weighted by molar-refractivity contribution is 6.32. The number of benzene rings is 2. The topological polar surface area (TPSA) is 82.1 Å². The summed E-state index contributed by atoms with van der Waals surface area (Å²) in [6.07, 6.45) is 2.06.